The number of nitrogens with two attached hydrogens (primary N) is 1. The summed E-state index contributed by atoms with van der Waals surface area (Å²) in [6.07, 6.45) is 1.88. The molecule has 1 aromatic heterocycles. The highest BCUT2D eigenvalue weighted by Crippen LogP contribution is 2.30. The van der Waals surface area contributed by atoms with E-state index in [0.717, 1.165) is 37.9 Å². The van der Waals surface area contributed by atoms with E-state index in [-0.39, 0.29) is 11.0 Å². The molecular weight excluding hydrogens is 256 g/mol. The van der Waals surface area contributed by atoms with Gasteiger partial charge in [-0.25, -0.2) is 4.98 Å². The van der Waals surface area contributed by atoms with Crippen LogP contribution in [0.2, 0.25) is 0 Å². The summed E-state index contributed by atoms with van der Waals surface area (Å²) in [6, 6.07) is 0. The van der Waals surface area contributed by atoms with Gasteiger partial charge in [0, 0.05) is 49.8 Å². The van der Waals surface area contributed by atoms with Crippen LogP contribution >= 0.6 is 11.3 Å². The molecule has 2 rings (SSSR count). The van der Waals surface area contributed by atoms with E-state index in [1.807, 2.05) is 11.6 Å². The van der Waals surface area contributed by atoms with E-state index in [0.29, 0.717) is 0 Å². The van der Waals surface area contributed by atoms with Gasteiger partial charge in [0.15, 0.2) is 5.13 Å². The zero-order chi connectivity index (χ0) is 14.1. The molecule has 0 atom stereocenters. The summed E-state index contributed by atoms with van der Waals surface area (Å²) in [4.78, 5) is 9.29. The molecule has 5 heteroatoms. The van der Waals surface area contributed by atoms with E-state index in [1.54, 1.807) is 11.3 Å². The monoisotopic (exact) mass is 282 g/mol. The van der Waals surface area contributed by atoms with E-state index < -0.39 is 0 Å². The third-order valence-corrected chi connectivity index (χ3v) is 5.26. The van der Waals surface area contributed by atoms with Gasteiger partial charge in [0.2, 0.25) is 0 Å². The van der Waals surface area contributed by atoms with Crippen LogP contribution in [0.15, 0.2) is 11.6 Å². The normalized spacial score (nSPS) is 18.9. The number of hydrogen-bond acceptors (Lipinski definition) is 5. The fourth-order valence-electron chi connectivity index (χ4n) is 2.23. The second-order valence-electron chi connectivity index (χ2n) is 6.68. The Balaban J connectivity index is 1.87. The number of aromatic nitrogens is 1. The maximum absolute atomic E-state index is 6.29. The second-order valence-corrected chi connectivity index (χ2v) is 7.56. The molecule has 1 fully saturated rings. The summed E-state index contributed by atoms with van der Waals surface area (Å²) in [6.45, 7) is 14.2. The summed E-state index contributed by atoms with van der Waals surface area (Å²) in [5, 5.41) is 3.19. The van der Waals surface area contributed by atoms with E-state index in [4.69, 9.17) is 5.73 Å². The smallest absolute Gasteiger partial charge is 0.185 e. The van der Waals surface area contributed by atoms with E-state index >= 15 is 0 Å². The SMILES string of the molecule is CC(C)(N)C(C)(C)CN1CCN(c2nccs2)CC1. The molecule has 4 nitrogen and oxygen atoms in total. The van der Waals surface area contributed by atoms with Crippen molar-refractivity contribution in [2.45, 2.75) is 33.2 Å². The standard InChI is InChI=1S/C14H26N4S/c1-13(2,14(3,4)15)11-17-6-8-18(9-7-17)12-16-5-10-19-12/h5,10H,6-9,11,15H2,1-4H3. The average Bonchev–Trinajstić information content (AvgIpc) is 2.81. The molecule has 1 saturated heterocycles. The summed E-state index contributed by atoms with van der Waals surface area (Å²) >= 11 is 1.72. The Bertz CT molecular complexity index is 386. The maximum atomic E-state index is 6.29. The number of rotatable bonds is 4. The van der Waals surface area contributed by atoms with Crippen LogP contribution in [-0.2, 0) is 0 Å². The lowest BCUT2D eigenvalue weighted by atomic mass is 9.75. The van der Waals surface area contributed by atoms with Crippen LogP contribution < -0.4 is 10.6 Å². The third-order valence-electron chi connectivity index (χ3n) is 4.43. The molecule has 0 spiro atoms. The van der Waals surface area contributed by atoms with Crippen LogP contribution in [0.1, 0.15) is 27.7 Å². The summed E-state index contributed by atoms with van der Waals surface area (Å²) in [7, 11) is 0. The van der Waals surface area contributed by atoms with Crippen LogP contribution in [0.25, 0.3) is 0 Å². The van der Waals surface area contributed by atoms with Gasteiger partial charge in [-0.1, -0.05) is 13.8 Å². The first-order valence-corrected chi connectivity index (χ1v) is 7.83. The van der Waals surface area contributed by atoms with Gasteiger partial charge in [-0.2, -0.15) is 0 Å². The van der Waals surface area contributed by atoms with E-state index in [1.165, 1.54) is 0 Å². The maximum Gasteiger partial charge on any atom is 0.185 e. The van der Waals surface area contributed by atoms with Gasteiger partial charge in [0.25, 0.3) is 0 Å². The first-order valence-electron chi connectivity index (χ1n) is 6.95. The van der Waals surface area contributed by atoms with E-state index in [9.17, 15) is 0 Å². The van der Waals surface area contributed by atoms with Gasteiger partial charge in [0.1, 0.15) is 0 Å². The molecule has 0 radical (unpaired) electrons. The van der Waals surface area contributed by atoms with Crippen LogP contribution in [0.3, 0.4) is 0 Å². The van der Waals surface area contributed by atoms with Crippen LogP contribution in [0, 0.1) is 5.41 Å². The first-order chi connectivity index (χ1) is 8.79. The fraction of sp³-hybridized carbons (Fsp3) is 0.786. The van der Waals surface area contributed by atoms with Gasteiger partial charge in [-0.05, 0) is 19.3 Å². The van der Waals surface area contributed by atoms with Crippen molar-refractivity contribution in [3.63, 3.8) is 0 Å². The molecule has 0 amide bonds. The van der Waals surface area contributed by atoms with Crippen molar-refractivity contribution in [1.29, 1.82) is 0 Å². The van der Waals surface area contributed by atoms with Crippen LogP contribution in [-0.4, -0.2) is 48.1 Å². The Morgan fingerprint density at radius 1 is 1.21 bits per heavy atom. The van der Waals surface area contributed by atoms with Crippen molar-refractivity contribution < 1.29 is 0 Å². The zero-order valence-corrected chi connectivity index (χ0v) is 13.3. The molecule has 1 aliphatic rings. The molecule has 1 aliphatic heterocycles. The largest absolute Gasteiger partial charge is 0.346 e. The van der Waals surface area contributed by atoms with Crippen molar-refractivity contribution in [3.8, 4) is 0 Å². The minimum Gasteiger partial charge on any atom is -0.346 e. The Hall–Kier alpha value is -0.650. The molecule has 0 aliphatic carbocycles. The minimum absolute atomic E-state index is 0.121. The molecule has 2 heterocycles. The van der Waals surface area contributed by atoms with Gasteiger partial charge < -0.3 is 10.6 Å². The highest BCUT2D eigenvalue weighted by atomic mass is 32.1. The molecule has 0 bridgehead atoms. The molecule has 0 saturated carbocycles. The topological polar surface area (TPSA) is 45.4 Å². The predicted octanol–water partition coefficient (Wildman–Crippen LogP) is 2.03. The van der Waals surface area contributed by atoms with Crippen molar-refractivity contribution in [1.82, 2.24) is 9.88 Å². The van der Waals surface area contributed by atoms with Crippen molar-refractivity contribution in [2.24, 2.45) is 11.1 Å². The quantitative estimate of drug-likeness (QED) is 0.918. The molecule has 2 N–H and O–H groups in total. The van der Waals surface area contributed by atoms with Crippen molar-refractivity contribution in [2.75, 3.05) is 37.6 Å². The molecule has 0 unspecified atom stereocenters. The molecular formula is C14H26N4S. The summed E-state index contributed by atoms with van der Waals surface area (Å²) in [5.41, 5.74) is 6.26. The van der Waals surface area contributed by atoms with Crippen LogP contribution in [0.4, 0.5) is 5.13 Å². The van der Waals surface area contributed by atoms with Crippen molar-refractivity contribution in [3.05, 3.63) is 11.6 Å². The van der Waals surface area contributed by atoms with Gasteiger partial charge in [-0.3, -0.25) is 4.90 Å². The number of nitrogens with zero attached hydrogens (tertiary/aromatic N) is 3. The fourth-order valence-corrected chi connectivity index (χ4v) is 2.93. The Morgan fingerprint density at radius 3 is 2.32 bits per heavy atom. The number of anilines is 1. The Labute approximate surface area is 120 Å². The zero-order valence-electron chi connectivity index (χ0n) is 12.5. The van der Waals surface area contributed by atoms with E-state index in [2.05, 4.69) is 42.5 Å². The number of piperazine rings is 1. The highest BCUT2D eigenvalue weighted by molar-refractivity contribution is 7.13. The predicted molar refractivity (Wildman–Crippen MR) is 82.8 cm³/mol. The average molecular weight is 282 g/mol. The first kappa shape index (κ1) is 14.8. The van der Waals surface area contributed by atoms with Crippen LogP contribution in [0.5, 0.6) is 0 Å². The molecule has 0 aromatic carbocycles. The minimum atomic E-state index is -0.153. The number of thiazole rings is 1. The Morgan fingerprint density at radius 2 is 1.84 bits per heavy atom. The lowest BCUT2D eigenvalue weighted by Gasteiger charge is -2.44. The molecule has 1 aromatic rings. The highest BCUT2D eigenvalue weighted by Gasteiger charge is 2.35. The lowest BCUT2D eigenvalue weighted by molar-refractivity contribution is 0.109. The van der Waals surface area contributed by atoms with Crippen molar-refractivity contribution >= 4 is 16.5 Å². The number of hydrogen-bond donors (Lipinski definition) is 1. The van der Waals surface area contributed by atoms with Gasteiger partial charge >= 0.3 is 0 Å². The lowest BCUT2D eigenvalue weighted by Crippen LogP contribution is -2.56. The van der Waals surface area contributed by atoms with Gasteiger partial charge in [0.05, 0.1) is 0 Å². The molecule has 108 valence electrons. The summed E-state index contributed by atoms with van der Waals surface area (Å²) < 4.78 is 0. The van der Waals surface area contributed by atoms with Gasteiger partial charge in [-0.15, -0.1) is 11.3 Å². The third kappa shape index (κ3) is 3.46. The second kappa shape index (κ2) is 5.38. The molecule has 19 heavy (non-hydrogen) atoms. The Kier molecular flexibility index (Phi) is 4.18. The summed E-state index contributed by atoms with van der Waals surface area (Å²) in [5.74, 6) is 0.